The van der Waals surface area contributed by atoms with Crippen molar-refractivity contribution in [3.8, 4) is 11.5 Å². The first kappa shape index (κ1) is 22.8. The smallest absolute Gasteiger partial charge is 0.315 e. The Bertz CT molecular complexity index is 1010. The fourth-order valence-corrected chi connectivity index (χ4v) is 5.14. The van der Waals surface area contributed by atoms with Crippen molar-refractivity contribution >= 4 is 29.1 Å². The Kier molecular flexibility index (Phi) is 6.35. The lowest BCUT2D eigenvalue weighted by Crippen LogP contribution is -2.39. The first-order valence-corrected chi connectivity index (χ1v) is 11.7. The minimum absolute atomic E-state index is 0.00927. The zero-order valence-corrected chi connectivity index (χ0v) is 19.9. The van der Waals surface area contributed by atoms with Crippen LogP contribution < -0.4 is 9.47 Å². The van der Waals surface area contributed by atoms with Crippen molar-refractivity contribution in [1.82, 2.24) is 0 Å². The molecule has 6 nitrogen and oxygen atoms in total. The quantitative estimate of drug-likeness (QED) is 0.407. The molecule has 1 aromatic carbocycles. The summed E-state index contributed by atoms with van der Waals surface area (Å²) in [6, 6.07) is 3.49. The SMILES string of the molecule is CCCCCOC(=O)C1C(C)=NC2=C(C(=O)CC(C)(C)C2)[C@H]1c1cc2c(cc1Cl)OCO2. The van der Waals surface area contributed by atoms with Gasteiger partial charge in [-0.2, -0.15) is 0 Å². The second kappa shape index (κ2) is 8.89. The lowest BCUT2D eigenvalue weighted by Gasteiger charge is -2.39. The predicted octanol–water partition coefficient (Wildman–Crippen LogP) is 5.62. The standard InChI is InChI=1S/C25H30ClNO5/c1-5-6-7-8-30-24(29)21-14(2)27-17-11-25(3,4)12-18(28)23(17)22(21)15-9-19-20(10-16(15)26)32-13-31-19/h9-10,21-22H,5-8,11-13H2,1-4H3/t21?,22-/m0/s1. The number of carbonyl (C=O) groups excluding carboxylic acids is 2. The van der Waals surface area contributed by atoms with Crippen LogP contribution in [0.15, 0.2) is 28.4 Å². The van der Waals surface area contributed by atoms with E-state index in [1.807, 2.05) is 6.92 Å². The molecule has 2 heterocycles. The zero-order chi connectivity index (χ0) is 23.0. The summed E-state index contributed by atoms with van der Waals surface area (Å²) in [4.78, 5) is 31.4. The van der Waals surface area contributed by atoms with Crippen LogP contribution >= 0.6 is 11.6 Å². The minimum atomic E-state index is -0.710. The lowest BCUT2D eigenvalue weighted by molar-refractivity contribution is -0.146. The molecule has 172 valence electrons. The fourth-order valence-electron chi connectivity index (χ4n) is 4.87. The molecule has 1 aliphatic carbocycles. The number of hydrogen-bond donors (Lipinski definition) is 0. The molecule has 4 rings (SSSR count). The van der Waals surface area contributed by atoms with Gasteiger partial charge in [0.2, 0.25) is 6.79 Å². The maximum absolute atomic E-state index is 13.4. The molecule has 0 amide bonds. The van der Waals surface area contributed by atoms with Gasteiger partial charge in [0.25, 0.3) is 0 Å². The van der Waals surface area contributed by atoms with E-state index in [0.29, 0.717) is 52.8 Å². The van der Waals surface area contributed by atoms with E-state index in [1.165, 1.54) is 0 Å². The molecule has 0 radical (unpaired) electrons. The van der Waals surface area contributed by atoms with Gasteiger partial charge < -0.3 is 14.2 Å². The molecule has 3 aliphatic rings. The Morgan fingerprint density at radius 3 is 2.66 bits per heavy atom. The number of esters is 1. The van der Waals surface area contributed by atoms with Crippen LogP contribution in [0.3, 0.4) is 0 Å². The van der Waals surface area contributed by atoms with E-state index in [2.05, 4.69) is 20.8 Å². The Morgan fingerprint density at radius 2 is 1.94 bits per heavy atom. The summed E-state index contributed by atoms with van der Waals surface area (Å²) in [6.07, 6.45) is 3.91. The number of fused-ring (bicyclic) bond motifs is 1. The van der Waals surface area contributed by atoms with E-state index in [0.717, 1.165) is 25.0 Å². The highest BCUT2D eigenvalue weighted by Gasteiger charge is 2.47. The highest BCUT2D eigenvalue weighted by Crippen LogP contribution is 2.51. The monoisotopic (exact) mass is 459 g/mol. The van der Waals surface area contributed by atoms with Crippen molar-refractivity contribution in [2.75, 3.05) is 13.4 Å². The van der Waals surface area contributed by atoms with Crippen molar-refractivity contribution in [3.05, 3.63) is 34.0 Å². The number of hydrogen-bond acceptors (Lipinski definition) is 6. The van der Waals surface area contributed by atoms with Gasteiger partial charge >= 0.3 is 5.97 Å². The zero-order valence-electron chi connectivity index (χ0n) is 19.1. The van der Waals surface area contributed by atoms with Gasteiger partial charge in [0, 0.05) is 40.4 Å². The molecule has 0 fully saturated rings. The van der Waals surface area contributed by atoms with Crippen LogP contribution in [0.5, 0.6) is 11.5 Å². The third-order valence-corrected chi connectivity index (χ3v) is 6.70. The van der Waals surface area contributed by atoms with Gasteiger partial charge in [-0.3, -0.25) is 14.6 Å². The van der Waals surface area contributed by atoms with Gasteiger partial charge in [-0.25, -0.2) is 0 Å². The average molecular weight is 460 g/mol. The van der Waals surface area contributed by atoms with Gasteiger partial charge in [-0.05, 0) is 36.8 Å². The number of benzene rings is 1. The summed E-state index contributed by atoms with van der Waals surface area (Å²) in [5, 5.41) is 0.433. The molecule has 2 aliphatic heterocycles. The number of nitrogens with zero attached hydrogens (tertiary/aromatic N) is 1. The van der Waals surface area contributed by atoms with E-state index < -0.39 is 11.8 Å². The van der Waals surface area contributed by atoms with Crippen molar-refractivity contribution < 1.29 is 23.8 Å². The van der Waals surface area contributed by atoms with Crippen molar-refractivity contribution in [1.29, 1.82) is 0 Å². The number of ether oxygens (including phenoxy) is 3. The highest BCUT2D eigenvalue weighted by molar-refractivity contribution is 6.32. The number of allylic oxidation sites excluding steroid dienone is 2. The molecule has 0 saturated carbocycles. The predicted molar refractivity (Wildman–Crippen MR) is 122 cm³/mol. The second-order valence-corrected chi connectivity index (χ2v) is 10.0. The maximum atomic E-state index is 13.4. The third-order valence-electron chi connectivity index (χ3n) is 6.38. The first-order chi connectivity index (χ1) is 15.2. The largest absolute Gasteiger partial charge is 0.465 e. The average Bonchev–Trinajstić information content (AvgIpc) is 3.15. The molecule has 7 heteroatoms. The molecule has 0 saturated heterocycles. The van der Waals surface area contributed by atoms with Crippen LogP contribution in [-0.4, -0.2) is 30.9 Å². The molecular weight excluding hydrogens is 430 g/mol. The normalized spacial score (nSPS) is 23.7. The minimum Gasteiger partial charge on any atom is -0.465 e. The van der Waals surface area contributed by atoms with Crippen LogP contribution in [0.1, 0.15) is 71.3 Å². The van der Waals surface area contributed by atoms with Gasteiger partial charge in [-0.1, -0.05) is 45.2 Å². The number of halogens is 1. The summed E-state index contributed by atoms with van der Waals surface area (Å²) >= 11 is 6.68. The Labute approximate surface area is 194 Å². The van der Waals surface area contributed by atoms with Gasteiger partial charge in [0.1, 0.15) is 5.92 Å². The van der Waals surface area contributed by atoms with Crippen molar-refractivity contribution in [3.63, 3.8) is 0 Å². The maximum Gasteiger partial charge on any atom is 0.315 e. The molecule has 1 unspecified atom stereocenters. The molecule has 0 aromatic heterocycles. The summed E-state index contributed by atoms with van der Waals surface area (Å²) < 4.78 is 16.7. The second-order valence-electron chi connectivity index (χ2n) is 9.61. The molecule has 0 N–H and O–H groups in total. The van der Waals surface area contributed by atoms with Gasteiger partial charge in [0.05, 0.1) is 6.61 Å². The van der Waals surface area contributed by atoms with Gasteiger partial charge in [-0.15, -0.1) is 0 Å². The molecular formula is C25H30ClNO5. The first-order valence-electron chi connectivity index (χ1n) is 11.3. The molecule has 1 aromatic rings. The van der Waals surface area contributed by atoms with E-state index in [4.69, 9.17) is 30.8 Å². The Morgan fingerprint density at radius 1 is 1.22 bits per heavy atom. The van der Waals surface area contributed by atoms with Crippen LogP contribution in [0, 0.1) is 11.3 Å². The summed E-state index contributed by atoms with van der Waals surface area (Å²) in [6.45, 7) is 8.53. The molecule has 0 bridgehead atoms. The van der Waals surface area contributed by atoms with E-state index >= 15 is 0 Å². The van der Waals surface area contributed by atoms with E-state index in [1.54, 1.807) is 12.1 Å². The number of unbranched alkanes of at least 4 members (excludes halogenated alkanes) is 2. The molecule has 32 heavy (non-hydrogen) atoms. The summed E-state index contributed by atoms with van der Waals surface area (Å²) in [7, 11) is 0. The molecule has 2 atom stereocenters. The van der Waals surface area contributed by atoms with Crippen LogP contribution in [0.25, 0.3) is 0 Å². The Balaban J connectivity index is 1.79. The third kappa shape index (κ3) is 4.29. The van der Waals surface area contributed by atoms with E-state index in [9.17, 15) is 9.59 Å². The number of aliphatic imine (C=N–C) groups is 1. The van der Waals surface area contributed by atoms with Gasteiger partial charge in [0.15, 0.2) is 17.3 Å². The number of ketones is 1. The topological polar surface area (TPSA) is 74.2 Å². The van der Waals surface area contributed by atoms with Crippen LogP contribution in [0.2, 0.25) is 5.02 Å². The van der Waals surface area contributed by atoms with Crippen LogP contribution in [0.4, 0.5) is 0 Å². The van der Waals surface area contributed by atoms with Crippen LogP contribution in [-0.2, 0) is 14.3 Å². The lowest BCUT2D eigenvalue weighted by atomic mass is 9.67. The number of rotatable bonds is 6. The van der Waals surface area contributed by atoms with Crippen molar-refractivity contribution in [2.45, 2.75) is 65.7 Å². The van der Waals surface area contributed by atoms with E-state index in [-0.39, 0.29) is 24.0 Å². The number of Topliss-reactive ketones (excluding diaryl/α,β-unsaturated/α-hetero) is 1. The fraction of sp³-hybridized carbons (Fsp3) is 0.560. The summed E-state index contributed by atoms with van der Waals surface area (Å²) in [5.41, 5.74) is 2.45. The molecule has 0 spiro atoms. The highest BCUT2D eigenvalue weighted by atomic mass is 35.5. The Hall–Kier alpha value is -2.34. The number of carbonyl (C=O) groups is 2. The van der Waals surface area contributed by atoms with Crippen molar-refractivity contribution in [2.24, 2.45) is 16.3 Å². The summed E-state index contributed by atoms with van der Waals surface area (Å²) in [5.74, 6) is -0.514.